The lowest BCUT2D eigenvalue weighted by atomic mass is 10.1. The zero-order valence-corrected chi connectivity index (χ0v) is 15.8. The Morgan fingerprint density at radius 1 is 1.00 bits per heavy atom. The summed E-state index contributed by atoms with van der Waals surface area (Å²) in [7, 11) is 0. The molecule has 2 aromatic carbocycles. The minimum absolute atomic E-state index is 0.140. The maximum Gasteiger partial charge on any atom is 0.269 e. The van der Waals surface area contributed by atoms with E-state index in [1.165, 1.54) is 0 Å². The Morgan fingerprint density at radius 2 is 1.81 bits per heavy atom. The molecule has 0 radical (unpaired) electrons. The van der Waals surface area contributed by atoms with Gasteiger partial charge in [0.2, 0.25) is 5.91 Å². The first-order valence-electron chi connectivity index (χ1n) is 8.19. The zero-order chi connectivity index (χ0) is 19.1. The lowest BCUT2D eigenvalue weighted by Gasteiger charge is -2.09. The highest BCUT2D eigenvalue weighted by molar-refractivity contribution is 7.09. The van der Waals surface area contributed by atoms with Crippen LogP contribution in [0.3, 0.4) is 0 Å². The standard InChI is InChI=1S/C20H17ClN2O3S/c21-16-8-6-14(7-9-16)11-19(24)22-23-20(25)15-3-1-4-17(12-15)26-13-18-5-2-10-27-18/h1-10,12H,11,13H2,(H,22,24)(H,23,25). The first-order chi connectivity index (χ1) is 13.1. The van der Waals surface area contributed by atoms with E-state index >= 15 is 0 Å². The molecule has 3 rings (SSSR count). The van der Waals surface area contributed by atoms with E-state index in [2.05, 4.69) is 10.9 Å². The van der Waals surface area contributed by atoms with Crippen molar-refractivity contribution in [2.45, 2.75) is 13.0 Å². The molecule has 27 heavy (non-hydrogen) atoms. The first kappa shape index (κ1) is 18.9. The molecule has 3 aromatic rings. The summed E-state index contributed by atoms with van der Waals surface area (Å²) in [5.74, 6) is -0.152. The van der Waals surface area contributed by atoms with Crippen LogP contribution in [0.15, 0.2) is 66.0 Å². The van der Waals surface area contributed by atoms with Gasteiger partial charge in [-0.25, -0.2) is 0 Å². The van der Waals surface area contributed by atoms with Crippen molar-refractivity contribution in [3.8, 4) is 5.75 Å². The SMILES string of the molecule is O=C(Cc1ccc(Cl)cc1)NNC(=O)c1cccc(OCc2cccs2)c1. The summed E-state index contributed by atoms with van der Waals surface area (Å²) < 4.78 is 5.69. The highest BCUT2D eigenvalue weighted by atomic mass is 35.5. The molecule has 2 amide bonds. The van der Waals surface area contributed by atoms with E-state index in [-0.39, 0.29) is 12.3 Å². The van der Waals surface area contributed by atoms with Gasteiger partial charge in [0, 0.05) is 15.5 Å². The van der Waals surface area contributed by atoms with Gasteiger partial charge in [-0.1, -0.05) is 35.9 Å². The normalized spacial score (nSPS) is 10.3. The van der Waals surface area contributed by atoms with E-state index in [0.29, 0.717) is 22.9 Å². The second-order valence-electron chi connectivity index (χ2n) is 5.70. The number of ether oxygens (including phenoxy) is 1. The fourth-order valence-electron chi connectivity index (χ4n) is 2.31. The van der Waals surface area contributed by atoms with E-state index < -0.39 is 5.91 Å². The number of nitrogens with one attached hydrogen (secondary N) is 2. The maximum absolute atomic E-state index is 12.2. The number of hydrogen-bond acceptors (Lipinski definition) is 4. The van der Waals surface area contributed by atoms with Crippen LogP contribution in [0.4, 0.5) is 0 Å². The molecule has 0 atom stereocenters. The predicted octanol–water partition coefficient (Wildman–Crippen LogP) is 3.98. The van der Waals surface area contributed by atoms with Gasteiger partial charge in [-0.3, -0.25) is 20.4 Å². The molecule has 1 heterocycles. The monoisotopic (exact) mass is 400 g/mol. The van der Waals surface area contributed by atoms with Crippen molar-refractivity contribution in [2.75, 3.05) is 0 Å². The molecule has 0 unspecified atom stereocenters. The highest BCUT2D eigenvalue weighted by Gasteiger charge is 2.09. The average Bonchev–Trinajstić information content (AvgIpc) is 3.20. The summed E-state index contributed by atoms with van der Waals surface area (Å²) in [6.45, 7) is 0.445. The summed E-state index contributed by atoms with van der Waals surface area (Å²) in [4.78, 5) is 25.3. The summed E-state index contributed by atoms with van der Waals surface area (Å²) in [6.07, 6.45) is 0.140. The maximum atomic E-state index is 12.2. The molecule has 2 N–H and O–H groups in total. The minimum atomic E-state index is -0.416. The smallest absolute Gasteiger partial charge is 0.269 e. The molecule has 0 aliphatic carbocycles. The van der Waals surface area contributed by atoms with Gasteiger partial charge in [-0.2, -0.15) is 0 Å². The van der Waals surface area contributed by atoms with E-state index in [1.807, 2.05) is 17.5 Å². The topological polar surface area (TPSA) is 67.4 Å². The Hall–Kier alpha value is -2.83. The number of rotatable bonds is 6. The van der Waals surface area contributed by atoms with Gasteiger partial charge in [-0.05, 0) is 47.3 Å². The summed E-state index contributed by atoms with van der Waals surface area (Å²) in [5.41, 5.74) is 6.01. The van der Waals surface area contributed by atoms with Crippen LogP contribution >= 0.6 is 22.9 Å². The van der Waals surface area contributed by atoms with Crippen LogP contribution in [0.2, 0.25) is 5.02 Å². The van der Waals surface area contributed by atoms with Crippen molar-refractivity contribution in [3.63, 3.8) is 0 Å². The minimum Gasteiger partial charge on any atom is -0.488 e. The number of thiophene rings is 1. The lowest BCUT2D eigenvalue weighted by Crippen LogP contribution is -2.42. The summed E-state index contributed by atoms with van der Waals surface area (Å²) >= 11 is 7.42. The molecule has 0 aliphatic heterocycles. The van der Waals surface area contributed by atoms with E-state index in [1.54, 1.807) is 59.9 Å². The molecular formula is C20H17ClN2O3S. The number of benzene rings is 2. The molecule has 0 spiro atoms. The second kappa shape index (κ2) is 9.21. The van der Waals surface area contributed by atoms with Crippen LogP contribution in [-0.2, 0) is 17.8 Å². The van der Waals surface area contributed by atoms with E-state index in [0.717, 1.165) is 10.4 Å². The third-order valence-electron chi connectivity index (χ3n) is 3.65. The van der Waals surface area contributed by atoms with E-state index in [9.17, 15) is 9.59 Å². The predicted molar refractivity (Wildman–Crippen MR) is 106 cm³/mol. The third kappa shape index (κ3) is 5.84. The van der Waals surface area contributed by atoms with Crippen molar-refractivity contribution in [1.29, 1.82) is 0 Å². The number of amides is 2. The van der Waals surface area contributed by atoms with E-state index in [4.69, 9.17) is 16.3 Å². The number of hydrogen-bond donors (Lipinski definition) is 2. The summed E-state index contributed by atoms with van der Waals surface area (Å²) in [5, 5.41) is 2.59. The molecule has 138 valence electrons. The van der Waals surface area contributed by atoms with Crippen LogP contribution in [-0.4, -0.2) is 11.8 Å². The lowest BCUT2D eigenvalue weighted by molar-refractivity contribution is -0.121. The van der Waals surface area contributed by atoms with Crippen molar-refractivity contribution < 1.29 is 14.3 Å². The third-order valence-corrected chi connectivity index (χ3v) is 4.75. The summed E-state index contributed by atoms with van der Waals surface area (Å²) in [6, 6.07) is 17.7. The Morgan fingerprint density at radius 3 is 2.56 bits per heavy atom. The van der Waals surface area contributed by atoms with Gasteiger partial charge in [0.15, 0.2) is 0 Å². The Kier molecular flexibility index (Phi) is 6.46. The molecule has 0 fully saturated rings. The second-order valence-corrected chi connectivity index (χ2v) is 7.17. The molecule has 0 saturated heterocycles. The molecular weight excluding hydrogens is 384 g/mol. The Bertz CT molecular complexity index is 911. The van der Waals surface area contributed by atoms with Crippen LogP contribution in [0, 0.1) is 0 Å². The molecule has 0 aliphatic rings. The largest absolute Gasteiger partial charge is 0.488 e. The van der Waals surface area contributed by atoms with Crippen molar-refractivity contribution >= 4 is 34.8 Å². The van der Waals surface area contributed by atoms with Crippen molar-refractivity contribution in [2.24, 2.45) is 0 Å². The van der Waals surface area contributed by atoms with Gasteiger partial charge in [0.05, 0.1) is 6.42 Å². The highest BCUT2D eigenvalue weighted by Crippen LogP contribution is 2.17. The molecule has 1 aromatic heterocycles. The fourth-order valence-corrected chi connectivity index (χ4v) is 3.05. The number of hydrazine groups is 1. The average molecular weight is 401 g/mol. The number of halogens is 1. The van der Waals surface area contributed by atoms with Gasteiger partial charge >= 0.3 is 0 Å². The van der Waals surface area contributed by atoms with Crippen LogP contribution < -0.4 is 15.6 Å². The van der Waals surface area contributed by atoms with Crippen molar-refractivity contribution in [1.82, 2.24) is 10.9 Å². The molecule has 0 bridgehead atoms. The molecule has 7 heteroatoms. The molecule has 5 nitrogen and oxygen atoms in total. The Labute approximate surface area is 165 Å². The van der Waals surface area contributed by atoms with Crippen LogP contribution in [0.25, 0.3) is 0 Å². The quantitative estimate of drug-likeness (QED) is 0.615. The van der Waals surface area contributed by atoms with Gasteiger partial charge < -0.3 is 4.74 Å². The molecule has 0 saturated carbocycles. The van der Waals surface area contributed by atoms with Gasteiger partial charge in [0.25, 0.3) is 5.91 Å². The van der Waals surface area contributed by atoms with Gasteiger partial charge in [0.1, 0.15) is 12.4 Å². The fraction of sp³-hybridized carbons (Fsp3) is 0.100. The van der Waals surface area contributed by atoms with Crippen LogP contribution in [0.1, 0.15) is 20.8 Å². The number of carbonyl (C=O) groups is 2. The van der Waals surface area contributed by atoms with Gasteiger partial charge in [-0.15, -0.1) is 11.3 Å². The number of carbonyl (C=O) groups excluding carboxylic acids is 2. The Balaban J connectivity index is 1.50. The zero-order valence-electron chi connectivity index (χ0n) is 14.3. The van der Waals surface area contributed by atoms with Crippen molar-refractivity contribution in [3.05, 3.63) is 87.1 Å². The first-order valence-corrected chi connectivity index (χ1v) is 9.45. The van der Waals surface area contributed by atoms with Crippen LogP contribution in [0.5, 0.6) is 5.75 Å².